The van der Waals surface area contributed by atoms with Crippen molar-refractivity contribution in [3.8, 4) is 33.4 Å². The van der Waals surface area contributed by atoms with Crippen LogP contribution in [-0.2, 0) is 0 Å². The number of pyridine rings is 2. The number of hydrogen-bond acceptors (Lipinski definition) is 2. The zero-order valence-corrected chi connectivity index (χ0v) is 26.1. The van der Waals surface area contributed by atoms with Crippen LogP contribution in [0.5, 0.6) is 0 Å². The third kappa shape index (κ3) is 4.27. The molecular formula is C46H28N2. The quantitative estimate of drug-likeness (QED) is 0.187. The molecular weight excluding hydrogens is 581 g/mol. The standard InChI is InChI=1S/C46H28N2/c1-2-9-32-23-33(16-14-29(32)7-1)35-19-21-42-43(26-35)40-20-18-34(38-25-36-17-15-31-11-6-22-47-45(31)46(36)48-28-38)24-37(40)27-44(42)41-13-5-10-30-8-3-4-12-39(30)41/h1-28H. The van der Waals surface area contributed by atoms with E-state index in [9.17, 15) is 0 Å². The van der Waals surface area contributed by atoms with E-state index in [2.05, 4.69) is 157 Å². The molecule has 0 atom stereocenters. The van der Waals surface area contributed by atoms with Gasteiger partial charge in [0.2, 0.25) is 0 Å². The lowest BCUT2D eigenvalue weighted by atomic mass is 9.88. The average Bonchev–Trinajstić information content (AvgIpc) is 3.16. The van der Waals surface area contributed by atoms with Crippen molar-refractivity contribution in [3.05, 3.63) is 170 Å². The first-order valence-corrected chi connectivity index (χ1v) is 16.4. The second-order valence-corrected chi connectivity index (χ2v) is 12.6. The summed E-state index contributed by atoms with van der Waals surface area (Å²) < 4.78 is 0. The van der Waals surface area contributed by atoms with Gasteiger partial charge in [0, 0.05) is 28.7 Å². The summed E-state index contributed by atoms with van der Waals surface area (Å²) in [5.74, 6) is 0. The van der Waals surface area contributed by atoms with Gasteiger partial charge in [-0.25, -0.2) is 0 Å². The Morgan fingerprint density at radius 3 is 1.88 bits per heavy atom. The molecule has 10 aromatic rings. The molecule has 0 radical (unpaired) electrons. The van der Waals surface area contributed by atoms with E-state index in [1.807, 2.05) is 18.5 Å². The maximum absolute atomic E-state index is 4.92. The highest BCUT2D eigenvalue weighted by Gasteiger charge is 2.14. The van der Waals surface area contributed by atoms with Crippen molar-refractivity contribution in [2.75, 3.05) is 0 Å². The highest BCUT2D eigenvalue weighted by atomic mass is 14.7. The van der Waals surface area contributed by atoms with Gasteiger partial charge in [-0.15, -0.1) is 0 Å². The highest BCUT2D eigenvalue weighted by Crippen LogP contribution is 2.41. The van der Waals surface area contributed by atoms with Crippen molar-refractivity contribution < 1.29 is 0 Å². The van der Waals surface area contributed by atoms with E-state index in [0.717, 1.165) is 32.9 Å². The second-order valence-electron chi connectivity index (χ2n) is 12.6. The molecule has 0 aliphatic rings. The van der Waals surface area contributed by atoms with Gasteiger partial charge in [-0.05, 0) is 107 Å². The van der Waals surface area contributed by atoms with Gasteiger partial charge in [-0.1, -0.05) is 121 Å². The first-order chi connectivity index (χ1) is 23.8. The van der Waals surface area contributed by atoms with Crippen molar-refractivity contribution in [3.63, 3.8) is 0 Å². The minimum absolute atomic E-state index is 0.933. The Balaban J connectivity index is 1.21. The first kappa shape index (κ1) is 26.8. The van der Waals surface area contributed by atoms with Crippen LogP contribution in [0.25, 0.3) is 98.3 Å². The summed E-state index contributed by atoms with van der Waals surface area (Å²) in [4.78, 5) is 9.54. The number of hydrogen-bond donors (Lipinski definition) is 0. The molecule has 10 rings (SSSR count). The molecule has 48 heavy (non-hydrogen) atoms. The molecule has 0 fully saturated rings. The Hall–Kier alpha value is -6.38. The zero-order valence-electron chi connectivity index (χ0n) is 26.1. The van der Waals surface area contributed by atoms with E-state index in [-0.39, 0.29) is 0 Å². The molecule has 2 aromatic heterocycles. The maximum Gasteiger partial charge on any atom is 0.0964 e. The molecule has 0 aliphatic heterocycles. The molecule has 0 aliphatic carbocycles. The Morgan fingerprint density at radius 2 is 0.938 bits per heavy atom. The summed E-state index contributed by atoms with van der Waals surface area (Å²) in [7, 11) is 0. The molecule has 2 heteroatoms. The van der Waals surface area contributed by atoms with Crippen molar-refractivity contribution in [2.45, 2.75) is 0 Å². The van der Waals surface area contributed by atoms with Crippen LogP contribution in [0.15, 0.2) is 170 Å². The molecule has 0 spiro atoms. The Labute approximate surface area is 277 Å². The van der Waals surface area contributed by atoms with Crippen LogP contribution in [0, 0.1) is 0 Å². The summed E-state index contributed by atoms with van der Waals surface area (Å²) in [6, 6.07) is 57.4. The van der Waals surface area contributed by atoms with E-state index in [1.54, 1.807) is 0 Å². The zero-order chi connectivity index (χ0) is 31.6. The number of nitrogens with zero attached hydrogens (tertiary/aromatic N) is 2. The summed E-state index contributed by atoms with van der Waals surface area (Å²) in [6.07, 6.45) is 3.83. The van der Waals surface area contributed by atoms with Gasteiger partial charge in [0.25, 0.3) is 0 Å². The number of rotatable bonds is 3. The minimum atomic E-state index is 0.933. The van der Waals surface area contributed by atoms with Gasteiger partial charge in [0.05, 0.1) is 11.0 Å². The smallest absolute Gasteiger partial charge is 0.0964 e. The Bertz CT molecular complexity index is 2900. The summed E-state index contributed by atoms with van der Waals surface area (Å²) >= 11 is 0. The summed E-state index contributed by atoms with van der Waals surface area (Å²) in [5, 5.41) is 12.2. The van der Waals surface area contributed by atoms with E-state index in [4.69, 9.17) is 4.98 Å². The van der Waals surface area contributed by atoms with Crippen molar-refractivity contribution >= 4 is 64.9 Å². The lowest BCUT2D eigenvalue weighted by Crippen LogP contribution is -1.90. The fourth-order valence-corrected chi connectivity index (χ4v) is 7.47. The molecule has 0 saturated carbocycles. The van der Waals surface area contributed by atoms with Gasteiger partial charge >= 0.3 is 0 Å². The van der Waals surface area contributed by atoms with Crippen LogP contribution < -0.4 is 0 Å². The van der Waals surface area contributed by atoms with Crippen LogP contribution in [0.2, 0.25) is 0 Å². The lowest BCUT2D eigenvalue weighted by molar-refractivity contribution is 1.37. The predicted octanol–water partition coefficient (Wildman–Crippen LogP) is 12.4. The van der Waals surface area contributed by atoms with Crippen molar-refractivity contribution in [1.29, 1.82) is 0 Å². The topological polar surface area (TPSA) is 25.8 Å². The molecule has 0 N–H and O–H groups in total. The van der Waals surface area contributed by atoms with E-state index < -0.39 is 0 Å². The summed E-state index contributed by atoms with van der Waals surface area (Å²) in [6.45, 7) is 0. The molecule has 222 valence electrons. The van der Waals surface area contributed by atoms with Gasteiger partial charge < -0.3 is 0 Å². The minimum Gasteiger partial charge on any atom is -0.254 e. The van der Waals surface area contributed by atoms with Crippen LogP contribution in [-0.4, -0.2) is 9.97 Å². The largest absolute Gasteiger partial charge is 0.254 e. The fraction of sp³-hybridized carbons (Fsp3) is 0. The van der Waals surface area contributed by atoms with Crippen LogP contribution in [0.4, 0.5) is 0 Å². The van der Waals surface area contributed by atoms with Gasteiger partial charge in [-0.2, -0.15) is 0 Å². The van der Waals surface area contributed by atoms with E-state index >= 15 is 0 Å². The SMILES string of the molecule is c1ccc2cc(-c3ccc4c(-c5cccc6ccccc56)cc5cc(-c6cnc7c(ccc8cccnc87)c6)ccc5c4c3)ccc2c1. The number of benzene rings is 8. The lowest BCUT2D eigenvalue weighted by Gasteiger charge is -2.16. The van der Waals surface area contributed by atoms with Gasteiger partial charge in [0.15, 0.2) is 0 Å². The van der Waals surface area contributed by atoms with Crippen LogP contribution in [0.3, 0.4) is 0 Å². The van der Waals surface area contributed by atoms with E-state index in [0.29, 0.717) is 0 Å². The number of fused-ring (bicyclic) bond motifs is 8. The van der Waals surface area contributed by atoms with E-state index in [1.165, 1.54) is 65.3 Å². The Morgan fingerprint density at radius 1 is 0.292 bits per heavy atom. The van der Waals surface area contributed by atoms with Crippen molar-refractivity contribution in [2.24, 2.45) is 0 Å². The fourth-order valence-electron chi connectivity index (χ4n) is 7.47. The predicted molar refractivity (Wildman–Crippen MR) is 203 cm³/mol. The number of aromatic nitrogens is 2. The molecule has 0 amide bonds. The van der Waals surface area contributed by atoms with Gasteiger partial charge in [-0.3, -0.25) is 9.97 Å². The second kappa shape index (κ2) is 10.6. The van der Waals surface area contributed by atoms with Crippen LogP contribution >= 0.6 is 0 Å². The van der Waals surface area contributed by atoms with Gasteiger partial charge in [0.1, 0.15) is 0 Å². The highest BCUT2D eigenvalue weighted by molar-refractivity contribution is 6.17. The molecule has 2 nitrogen and oxygen atoms in total. The summed E-state index contributed by atoms with van der Waals surface area (Å²) in [5.41, 5.74) is 9.04. The Kier molecular flexibility index (Phi) is 5.91. The maximum atomic E-state index is 4.92. The molecule has 2 heterocycles. The molecule has 0 saturated heterocycles. The van der Waals surface area contributed by atoms with Crippen molar-refractivity contribution in [1.82, 2.24) is 9.97 Å². The normalized spacial score (nSPS) is 11.8. The first-order valence-electron chi connectivity index (χ1n) is 16.4. The molecule has 0 unspecified atom stereocenters. The monoisotopic (exact) mass is 608 g/mol. The molecule has 0 bridgehead atoms. The third-order valence-electron chi connectivity index (χ3n) is 9.87. The average molecular weight is 609 g/mol. The van der Waals surface area contributed by atoms with Crippen LogP contribution in [0.1, 0.15) is 0 Å². The third-order valence-corrected chi connectivity index (χ3v) is 9.87. The molecule has 8 aromatic carbocycles.